The molecule has 2 nitrogen and oxygen atoms in total. The molecular formula is C14H28N2. The minimum atomic E-state index is 0.330. The molecule has 94 valence electrons. The van der Waals surface area contributed by atoms with Crippen LogP contribution in [0.4, 0.5) is 0 Å². The lowest BCUT2D eigenvalue weighted by atomic mass is 9.78. The second kappa shape index (κ2) is 3.99. The smallest absolute Gasteiger partial charge is 0.0359 e. The molecule has 0 aromatic rings. The van der Waals surface area contributed by atoms with Crippen molar-refractivity contribution in [3.8, 4) is 0 Å². The number of likely N-dealkylation sites (N-methyl/N-ethyl adjacent to an activating group) is 1. The second-order valence-electron chi connectivity index (χ2n) is 7.30. The van der Waals surface area contributed by atoms with E-state index in [9.17, 15) is 0 Å². The van der Waals surface area contributed by atoms with Gasteiger partial charge in [0.2, 0.25) is 0 Å². The van der Waals surface area contributed by atoms with Gasteiger partial charge in [0.1, 0.15) is 0 Å². The van der Waals surface area contributed by atoms with Crippen LogP contribution in [-0.2, 0) is 0 Å². The molecule has 2 rings (SSSR count). The van der Waals surface area contributed by atoms with Crippen LogP contribution < -0.4 is 5.73 Å². The average Bonchev–Trinajstić information content (AvgIpc) is 2.74. The highest BCUT2D eigenvalue weighted by atomic mass is 15.2. The molecule has 2 saturated carbocycles. The van der Waals surface area contributed by atoms with E-state index in [0.29, 0.717) is 11.0 Å². The van der Waals surface area contributed by atoms with Gasteiger partial charge in [-0.2, -0.15) is 0 Å². The first kappa shape index (κ1) is 12.4. The van der Waals surface area contributed by atoms with E-state index < -0.39 is 0 Å². The summed E-state index contributed by atoms with van der Waals surface area (Å²) in [6.45, 7) is 8.97. The summed E-state index contributed by atoms with van der Waals surface area (Å²) in [5.74, 6) is 1.84. The molecule has 3 atom stereocenters. The summed E-state index contributed by atoms with van der Waals surface area (Å²) in [5, 5.41) is 0. The van der Waals surface area contributed by atoms with Gasteiger partial charge in [0.05, 0.1) is 0 Å². The van der Waals surface area contributed by atoms with Crippen LogP contribution >= 0.6 is 0 Å². The summed E-state index contributed by atoms with van der Waals surface area (Å²) >= 11 is 0. The molecule has 2 heteroatoms. The van der Waals surface area contributed by atoms with E-state index in [1.165, 1.54) is 25.7 Å². The first-order chi connectivity index (χ1) is 7.37. The van der Waals surface area contributed by atoms with Crippen LogP contribution in [0.5, 0.6) is 0 Å². The van der Waals surface area contributed by atoms with Crippen LogP contribution in [0, 0.1) is 17.3 Å². The third-order valence-electron chi connectivity index (χ3n) is 4.77. The van der Waals surface area contributed by atoms with Crippen molar-refractivity contribution in [3.05, 3.63) is 0 Å². The number of fused-ring (bicyclic) bond motifs is 2. The van der Waals surface area contributed by atoms with E-state index in [0.717, 1.165) is 24.9 Å². The summed E-state index contributed by atoms with van der Waals surface area (Å²) < 4.78 is 0. The molecule has 0 saturated heterocycles. The molecule has 2 N–H and O–H groups in total. The maximum Gasteiger partial charge on any atom is 0.0359 e. The van der Waals surface area contributed by atoms with Gasteiger partial charge < -0.3 is 5.73 Å². The third-order valence-corrected chi connectivity index (χ3v) is 4.77. The van der Waals surface area contributed by atoms with E-state index in [1.807, 2.05) is 0 Å². The topological polar surface area (TPSA) is 29.3 Å². The fourth-order valence-corrected chi connectivity index (χ4v) is 4.16. The van der Waals surface area contributed by atoms with Crippen molar-refractivity contribution in [1.82, 2.24) is 4.90 Å². The van der Waals surface area contributed by atoms with E-state index >= 15 is 0 Å². The summed E-state index contributed by atoms with van der Waals surface area (Å²) in [4.78, 5) is 2.58. The Kier molecular flexibility index (Phi) is 3.09. The van der Waals surface area contributed by atoms with Crippen LogP contribution in [-0.4, -0.2) is 30.6 Å². The molecule has 0 spiro atoms. The minimum absolute atomic E-state index is 0.330. The quantitative estimate of drug-likeness (QED) is 0.798. The highest BCUT2D eigenvalue weighted by Crippen LogP contribution is 2.53. The highest BCUT2D eigenvalue weighted by Gasteiger charge is 2.52. The first-order valence-corrected chi connectivity index (χ1v) is 6.79. The molecule has 2 aliphatic rings. The average molecular weight is 224 g/mol. The fourth-order valence-electron chi connectivity index (χ4n) is 4.16. The first-order valence-electron chi connectivity index (χ1n) is 6.79. The largest absolute Gasteiger partial charge is 0.329 e. The molecule has 0 aromatic carbocycles. The highest BCUT2D eigenvalue weighted by molar-refractivity contribution is 5.07. The molecule has 2 aliphatic carbocycles. The van der Waals surface area contributed by atoms with Crippen LogP contribution in [0.25, 0.3) is 0 Å². The second-order valence-corrected chi connectivity index (χ2v) is 7.30. The Balaban J connectivity index is 2.10. The molecule has 16 heavy (non-hydrogen) atoms. The zero-order valence-electron chi connectivity index (χ0n) is 11.4. The molecule has 0 heterocycles. The lowest BCUT2D eigenvalue weighted by molar-refractivity contribution is 0.0392. The molecular weight excluding hydrogens is 196 g/mol. The fraction of sp³-hybridized carbons (Fsp3) is 1.00. The van der Waals surface area contributed by atoms with Crippen molar-refractivity contribution in [3.63, 3.8) is 0 Å². The Morgan fingerprint density at radius 1 is 1.31 bits per heavy atom. The van der Waals surface area contributed by atoms with Gasteiger partial charge in [-0.15, -0.1) is 0 Å². The number of hydrogen-bond acceptors (Lipinski definition) is 2. The number of hydrogen-bond donors (Lipinski definition) is 1. The van der Waals surface area contributed by atoms with Crippen LogP contribution in [0.3, 0.4) is 0 Å². The predicted molar refractivity (Wildman–Crippen MR) is 69.3 cm³/mol. The Morgan fingerprint density at radius 3 is 2.38 bits per heavy atom. The van der Waals surface area contributed by atoms with Crippen LogP contribution in [0.15, 0.2) is 0 Å². The van der Waals surface area contributed by atoms with Gasteiger partial charge in [-0.1, -0.05) is 27.2 Å². The predicted octanol–water partition coefficient (Wildman–Crippen LogP) is 2.48. The normalized spacial score (nSPS) is 38.6. The monoisotopic (exact) mass is 224 g/mol. The van der Waals surface area contributed by atoms with Crippen molar-refractivity contribution >= 4 is 0 Å². The Hall–Kier alpha value is -0.0800. The van der Waals surface area contributed by atoms with E-state index in [-0.39, 0.29) is 0 Å². The summed E-state index contributed by atoms with van der Waals surface area (Å²) in [7, 11) is 2.29. The number of nitrogens with two attached hydrogens (primary N) is 1. The van der Waals surface area contributed by atoms with Gasteiger partial charge in [-0.3, -0.25) is 4.90 Å². The molecule has 0 aromatic heterocycles. The Morgan fingerprint density at radius 2 is 2.00 bits per heavy atom. The molecule has 3 unspecified atom stereocenters. The van der Waals surface area contributed by atoms with Crippen molar-refractivity contribution in [1.29, 1.82) is 0 Å². The van der Waals surface area contributed by atoms with Crippen molar-refractivity contribution in [2.24, 2.45) is 23.0 Å². The summed E-state index contributed by atoms with van der Waals surface area (Å²) in [5.41, 5.74) is 6.84. The lowest BCUT2D eigenvalue weighted by Crippen LogP contribution is -2.57. The molecule has 0 amide bonds. The molecule has 2 bridgehead atoms. The van der Waals surface area contributed by atoms with Crippen LogP contribution in [0.2, 0.25) is 0 Å². The van der Waals surface area contributed by atoms with Gasteiger partial charge in [-0.05, 0) is 43.6 Å². The summed E-state index contributed by atoms with van der Waals surface area (Å²) in [6.07, 6.45) is 5.65. The lowest BCUT2D eigenvalue weighted by Gasteiger charge is -2.46. The zero-order chi connectivity index (χ0) is 12.0. The molecule has 2 fully saturated rings. The van der Waals surface area contributed by atoms with Gasteiger partial charge in [0, 0.05) is 18.6 Å². The Labute approximate surface area is 101 Å². The minimum Gasteiger partial charge on any atom is -0.329 e. The Bertz CT molecular complexity index is 256. The van der Waals surface area contributed by atoms with Gasteiger partial charge in [0.15, 0.2) is 0 Å². The maximum absolute atomic E-state index is 6.13. The van der Waals surface area contributed by atoms with E-state index in [4.69, 9.17) is 5.73 Å². The molecule has 0 radical (unpaired) electrons. The van der Waals surface area contributed by atoms with Crippen molar-refractivity contribution in [2.45, 2.75) is 52.0 Å². The van der Waals surface area contributed by atoms with Crippen molar-refractivity contribution in [2.75, 3.05) is 20.1 Å². The number of nitrogens with zero attached hydrogens (tertiary/aromatic N) is 1. The van der Waals surface area contributed by atoms with Crippen LogP contribution in [0.1, 0.15) is 46.5 Å². The summed E-state index contributed by atoms with van der Waals surface area (Å²) in [6, 6.07) is 0. The van der Waals surface area contributed by atoms with Gasteiger partial charge >= 0.3 is 0 Å². The SMILES string of the molecule is CN(CC(C)(C)C)C1(CN)CC2CCC1C2. The van der Waals surface area contributed by atoms with Crippen molar-refractivity contribution < 1.29 is 0 Å². The zero-order valence-corrected chi connectivity index (χ0v) is 11.4. The molecule has 0 aliphatic heterocycles. The standard InChI is InChI=1S/C14H28N2/c1-13(2,3)10-16(4)14(9-15)8-11-5-6-12(14)7-11/h11-12H,5-10,15H2,1-4H3. The third kappa shape index (κ3) is 2.02. The van der Waals surface area contributed by atoms with E-state index in [1.54, 1.807) is 0 Å². The maximum atomic E-state index is 6.13. The van der Waals surface area contributed by atoms with Gasteiger partial charge in [0.25, 0.3) is 0 Å². The van der Waals surface area contributed by atoms with E-state index in [2.05, 4.69) is 32.7 Å². The van der Waals surface area contributed by atoms with Gasteiger partial charge in [-0.25, -0.2) is 0 Å². The number of rotatable bonds is 3.